The third-order valence-corrected chi connectivity index (χ3v) is 5.96. The van der Waals surface area contributed by atoms with Crippen LogP contribution in [0.3, 0.4) is 0 Å². The molecular weight excluding hydrogens is 423 g/mol. The number of aliphatic imine (C=N–C) groups is 1. The van der Waals surface area contributed by atoms with Crippen LogP contribution in [0.5, 0.6) is 0 Å². The fraction of sp³-hybridized carbons (Fsp3) is 0. The Kier molecular flexibility index (Phi) is 5.33. The molecule has 0 bridgehead atoms. The first-order valence-electron chi connectivity index (χ1n) is 9.96. The quantitative estimate of drug-likeness (QED) is 0.249. The van der Waals surface area contributed by atoms with Gasteiger partial charge in [0.2, 0.25) is 0 Å². The van der Waals surface area contributed by atoms with Crippen LogP contribution in [0.15, 0.2) is 108 Å². The van der Waals surface area contributed by atoms with Gasteiger partial charge in [-0.25, -0.2) is 0 Å². The van der Waals surface area contributed by atoms with Gasteiger partial charge in [0.15, 0.2) is 0 Å². The molecule has 1 aromatic heterocycles. The Labute approximate surface area is 191 Å². The van der Waals surface area contributed by atoms with Gasteiger partial charge in [-0.3, -0.25) is 4.99 Å². The maximum atomic E-state index is 6.19. The Bertz CT molecular complexity index is 1390. The summed E-state index contributed by atoms with van der Waals surface area (Å²) in [5, 5.41) is 2.15. The van der Waals surface area contributed by atoms with E-state index in [1.54, 1.807) is 12.1 Å². The van der Waals surface area contributed by atoms with Crippen LogP contribution in [0.4, 0.5) is 5.69 Å². The summed E-state index contributed by atoms with van der Waals surface area (Å²) in [6, 6.07) is 34.6. The van der Waals surface area contributed by atoms with E-state index in [0.29, 0.717) is 10.0 Å². The van der Waals surface area contributed by atoms with E-state index in [1.807, 2.05) is 24.4 Å². The molecule has 31 heavy (non-hydrogen) atoms. The van der Waals surface area contributed by atoms with Crippen LogP contribution in [-0.2, 0) is 0 Å². The molecule has 4 aromatic carbocycles. The molecule has 0 radical (unpaired) electrons. The van der Waals surface area contributed by atoms with Gasteiger partial charge in [-0.15, -0.1) is 0 Å². The zero-order valence-corrected chi connectivity index (χ0v) is 18.1. The van der Waals surface area contributed by atoms with Gasteiger partial charge >= 0.3 is 0 Å². The van der Waals surface area contributed by atoms with Gasteiger partial charge in [0, 0.05) is 22.9 Å². The molecule has 0 atom stereocenters. The normalized spacial score (nSPS) is 11.4. The third-order valence-electron chi connectivity index (χ3n) is 5.22. The van der Waals surface area contributed by atoms with Crippen LogP contribution >= 0.6 is 23.2 Å². The van der Waals surface area contributed by atoms with Crippen molar-refractivity contribution in [1.82, 2.24) is 4.57 Å². The summed E-state index contributed by atoms with van der Waals surface area (Å²) in [5.74, 6) is 0. The van der Waals surface area contributed by atoms with Gasteiger partial charge in [0.1, 0.15) is 0 Å². The van der Waals surface area contributed by atoms with Crippen molar-refractivity contribution in [3.63, 3.8) is 0 Å². The fourth-order valence-electron chi connectivity index (χ4n) is 3.83. The molecule has 0 aliphatic carbocycles. The molecule has 0 unspecified atom stereocenters. The summed E-state index contributed by atoms with van der Waals surface area (Å²) in [6.45, 7) is 0. The average Bonchev–Trinajstić information content (AvgIpc) is 3.15. The van der Waals surface area contributed by atoms with Crippen molar-refractivity contribution >= 4 is 46.0 Å². The Morgan fingerprint density at radius 1 is 0.677 bits per heavy atom. The van der Waals surface area contributed by atoms with Gasteiger partial charge in [0.25, 0.3) is 0 Å². The van der Waals surface area contributed by atoms with Crippen LogP contribution in [-0.4, -0.2) is 10.8 Å². The van der Waals surface area contributed by atoms with Gasteiger partial charge in [-0.05, 0) is 42.0 Å². The van der Waals surface area contributed by atoms with Crippen molar-refractivity contribution in [2.45, 2.75) is 0 Å². The van der Waals surface area contributed by atoms with Crippen LogP contribution < -0.4 is 0 Å². The van der Waals surface area contributed by atoms with Crippen LogP contribution in [0.1, 0.15) is 5.56 Å². The molecule has 5 rings (SSSR count). The summed E-state index contributed by atoms with van der Waals surface area (Å²) in [4.78, 5) is 4.74. The summed E-state index contributed by atoms with van der Waals surface area (Å²) in [7, 11) is 0. The molecule has 0 spiro atoms. The molecule has 0 fully saturated rings. The Morgan fingerprint density at radius 2 is 1.35 bits per heavy atom. The second-order valence-corrected chi connectivity index (χ2v) is 7.99. The standard InChI is InChI=1S/C27H18Cl2N2/c28-24-16-15-20(17-25(24)29)30-18-23-22-13-7-8-14-26(22)31(21-11-5-2-6-12-21)27(23)19-9-3-1-4-10-19/h1-18H. The number of aromatic nitrogens is 1. The van der Waals surface area contributed by atoms with Gasteiger partial charge in [-0.1, -0.05) is 89.9 Å². The van der Waals surface area contributed by atoms with Crippen molar-refractivity contribution in [3.05, 3.63) is 119 Å². The first-order chi connectivity index (χ1) is 15.2. The van der Waals surface area contributed by atoms with Gasteiger partial charge in [0.05, 0.1) is 26.9 Å². The number of halogens is 2. The van der Waals surface area contributed by atoms with Crippen molar-refractivity contribution in [2.24, 2.45) is 4.99 Å². The molecule has 2 nitrogen and oxygen atoms in total. The smallest absolute Gasteiger partial charge is 0.0645 e. The van der Waals surface area contributed by atoms with Gasteiger partial charge in [-0.2, -0.15) is 0 Å². The lowest BCUT2D eigenvalue weighted by Crippen LogP contribution is -1.98. The number of hydrogen-bond donors (Lipinski definition) is 0. The van der Waals surface area contributed by atoms with Crippen molar-refractivity contribution < 1.29 is 0 Å². The second-order valence-electron chi connectivity index (χ2n) is 7.17. The molecular formula is C27H18Cl2N2. The van der Waals surface area contributed by atoms with Crippen molar-refractivity contribution in [3.8, 4) is 16.9 Å². The monoisotopic (exact) mass is 440 g/mol. The van der Waals surface area contributed by atoms with Crippen LogP contribution in [0.25, 0.3) is 27.8 Å². The summed E-state index contributed by atoms with van der Waals surface area (Å²) in [5.41, 5.74) is 6.26. The Balaban J connectivity index is 1.79. The number of rotatable bonds is 4. The van der Waals surface area contributed by atoms with E-state index in [1.165, 1.54) is 0 Å². The SMILES string of the molecule is Clc1ccc(N=Cc2c(-c3ccccc3)n(-c3ccccc3)c3ccccc23)cc1Cl. The van der Waals surface area contributed by atoms with E-state index in [0.717, 1.165) is 39.1 Å². The van der Waals surface area contributed by atoms with E-state index in [4.69, 9.17) is 28.2 Å². The largest absolute Gasteiger partial charge is 0.309 e. The number of benzene rings is 4. The highest BCUT2D eigenvalue weighted by molar-refractivity contribution is 6.42. The molecule has 150 valence electrons. The molecule has 0 N–H and O–H groups in total. The number of nitrogens with zero attached hydrogens (tertiary/aromatic N) is 2. The minimum atomic E-state index is 0.492. The van der Waals surface area contributed by atoms with E-state index >= 15 is 0 Å². The van der Waals surface area contributed by atoms with E-state index in [2.05, 4.69) is 77.4 Å². The summed E-state index contributed by atoms with van der Waals surface area (Å²) < 4.78 is 2.29. The minimum Gasteiger partial charge on any atom is -0.309 e. The molecule has 0 saturated heterocycles. The lowest BCUT2D eigenvalue weighted by Gasteiger charge is -2.12. The zero-order valence-electron chi connectivity index (χ0n) is 16.5. The molecule has 0 amide bonds. The third kappa shape index (κ3) is 3.76. The predicted octanol–water partition coefficient (Wildman–Crippen LogP) is 8.35. The number of fused-ring (bicyclic) bond motifs is 1. The molecule has 0 aliphatic rings. The fourth-order valence-corrected chi connectivity index (χ4v) is 4.12. The lowest BCUT2D eigenvalue weighted by molar-refractivity contribution is 1.13. The number of hydrogen-bond acceptors (Lipinski definition) is 1. The highest BCUT2D eigenvalue weighted by Crippen LogP contribution is 2.36. The second kappa shape index (κ2) is 8.43. The summed E-state index contributed by atoms with van der Waals surface area (Å²) in [6.07, 6.45) is 1.92. The summed E-state index contributed by atoms with van der Waals surface area (Å²) >= 11 is 12.3. The molecule has 4 heteroatoms. The highest BCUT2D eigenvalue weighted by Gasteiger charge is 2.18. The van der Waals surface area contributed by atoms with E-state index in [-0.39, 0.29) is 0 Å². The topological polar surface area (TPSA) is 17.3 Å². The van der Waals surface area contributed by atoms with E-state index in [9.17, 15) is 0 Å². The van der Waals surface area contributed by atoms with Crippen LogP contribution in [0.2, 0.25) is 10.0 Å². The molecule has 0 saturated carbocycles. The maximum absolute atomic E-state index is 6.19. The average molecular weight is 441 g/mol. The highest BCUT2D eigenvalue weighted by atomic mass is 35.5. The van der Waals surface area contributed by atoms with E-state index < -0.39 is 0 Å². The lowest BCUT2D eigenvalue weighted by atomic mass is 10.1. The van der Waals surface area contributed by atoms with Crippen LogP contribution in [0, 0.1) is 0 Å². The Morgan fingerprint density at radius 3 is 2.10 bits per heavy atom. The Hall–Kier alpha value is -3.33. The molecule has 0 aliphatic heterocycles. The zero-order chi connectivity index (χ0) is 21.2. The minimum absolute atomic E-state index is 0.492. The molecule has 1 heterocycles. The van der Waals surface area contributed by atoms with Gasteiger partial charge < -0.3 is 4.57 Å². The first-order valence-corrected chi connectivity index (χ1v) is 10.7. The maximum Gasteiger partial charge on any atom is 0.0645 e. The molecule has 5 aromatic rings. The first kappa shape index (κ1) is 19.6. The van der Waals surface area contributed by atoms with Crippen molar-refractivity contribution in [2.75, 3.05) is 0 Å². The number of para-hydroxylation sites is 2. The van der Waals surface area contributed by atoms with Crippen molar-refractivity contribution in [1.29, 1.82) is 0 Å². The predicted molar refractivity (Wildman–Crippen MR) is 132 cm³/mol.